The fourth-order valence-electron chi connectivity index (χ4n) is 5.03. The second-order valence-corrected chi connectivity index (χ2v) is 14.0. The van der Waals surface area contributed by atoms with Crippen LogP contribution in [0.4, 0.5) is 9.59 Å². The Labute approximate surface area is 291 Å². The summed E-state index contributed by atoms with van der Waals surface area (Å²) >= 11 is 3.04. The van der Waals surface area contributed by atoms with Crippen LogP contribution in [0, 0.1) is 5.92 Å². The van der Waals surface area contributed by atoms with Gasteiger partial charge in [0.05, 0.1) is 28.5 Å². The topological polar surface area (TPSA) is 108 Å². The van der Waals surface area contributed by atoms with Crippen molar-refractivity contribution in [3.63, 3.8) is 0 Å². The van der Waals surface area contributed by atoms with E-state index in [1.807, 2.05) is 85.3 Å². The van der Waals surface area contributed by atoms with Crippen molar-refractivity contribution in [2.45, 2.75) is 72.3 Å². The molecule has 2 aromatic carbocycles. The zero-order valence-electron chi connectivity index (χ0n) is 28.4. The molecular formula is C36H46N6O4S2. The maximum atomic E-state index is 14.2. The normalized spacial score (nSPS) is 11.7. The second kappa shape index (κ2) is 18.3. The number of urea groups is 1. The van der Waals surface area contributed by atoms with Gasteiger partial charge in [0.1, 0.15) is 12.6 Å². The van der Waals surface area contributed by atoms with Crippen molar-refractivity contribution in [1.29, 1.82) is 0 Å². The summed E-state index contributed by atoms with van der Waals surface area (Å²) in [7, 11) is 1.71. The number of carbonyl (C=O) groups excluding carboxylic acids is 3. The molecule has 1 unspecified atom stereocenters. The molecule has 0 fully saturated rings. The molecule has 0 aliphatic carbocycles. The lowest BCUT2D eigenvalue weighted by Gasteiger charge is -2.32. The zero-order valence-corrected chi connectivity index (χ0v) is 30.0. The fraction of sp³-hybridized carbons (Fsp3) is 0.417. The van der Waals surface area contributed by atoms with Gasteiger partial charge in [0, 0.05) is 49.9 Å². The molecular weight excluding hydrogens is 645 g/mol. The third kappa shape index (κ3) is 11.2. The summed E-state index contributed by atoms with van der Waals surface area (Å²) in [5.74, 6) is -0.0109. The number of benzene rings is 2. The fourth-order valence-corrected chi connectivity index (χ4v) is 6.40. The Morgan fingerprint density at radius 1 is 0.833 bits per heavy atom. The molecule has 0 aliphatic heterocycles. The smallest absolute Gasteiger partial charge is 0.410 e. The van der Waals surface area contributed by atoms with Crippen molar-refractivity contribution in [2.24, 2.45) is 5.92 Å². The van der Waals surface area contributed by atoms with Gasteiger partial charge >= 0.3 is 12.1 Å². The lowest BCUT2D eigenvalue weighted by Crippen LogP contribution is -2.54. The highest BCUT2D eigenvalue weighted by atomic mass is 32.1. The predicted octanol–water partition coefficient (Wildman–Crippen LogP) is 7.15. The molecule has 2 heterocycles. The average molecular weight is 691 g/mol. The zero-order chi connectivity index (χ0) is 34.5. The summed E-state index contributed by atoms with van der Waals surface area (Å²) in [6.45, 7) is 9.98. The highest BCUT2D eigenvalue weighted by molar-refractivity contribution is 7.09. The van der Waals surface area contributed by atoms with Gasteiger partial charge in [0.15, 0.2) is 0 Å². The molecule has 1 N–H and O–H groups in total. The number of ether oxygens (including phenoxy) is 1. The van der Waals surface area contributed by atoms with Gasteiger partial charge in [-0.05, 0) is 23.5 Å². The monoisotopic (exact) mass is 690 g/mol. The summed E-state index contributed by atoms with van der Waals surface area (Å²) in [6.07, 6.45) is 0.0708. The summed E-state index contributed by atoms with van der Waals surface area (Å²) in [5, 5.41) is 7.85. The molecule has 2 aromatic heterocycles. The van der Waals surface area contributed by atoms with E-state index in [-0.39, 0.29) is 24.5 Å². The highest BCUT2D eigenvalue weighted by Crippen LogP contribution is 2.20. The number of amides is 4. The van der Waals surface area contributed by atoms with E-state index in [4.69, 9.17) is 4.74 Å². The van der Waals surface area contributed by atoms with Gasteiger partial charge < -0.3 is 24.8 Å². The molecule has 4 amide bonds. The number of carbonyl (C=O) groups is 3. The van der Waals surface area contributed by atoms with Crippen LogP contribution in [-0.2, 0) is 35.8 Å². The van der Waals surface area contributed by atoms with Gasteiger partial charge in [-0.3, -0.25) is 4.79 Å². The number of nitrogens with one attached hydrogen (secondary N) is 1. The van der Waals surface area contributed by atoms with Crippen LogP contribution in [-0.4, -0.2) is 68.9 Å². The standard InChI is InChI=1S/C36H46N6O4S2/c1-26(2)32(39-35(44)40(5)21-30-24-48-33(38-30)27(3)4)34(43)41(19-28-13-8-6-9-14-28)17-12-18-42(20-29-15-10-7-11-16-29)36(45)46-22-31-23-47-25-37-31/h6-11,13-16,23-27,32H,12,17-22H2,1-5H3,(H,39,44). The molecule has 48 heavy (non-hydrogen) atoms. The van der Waals surface area contributed by atoms with E-state index in [9.17, 15) is 14.4 Å². The SMILES string of the molecule is CC(C)c1nc(CN(C)C(=O)NC(C(=O)N(CCCN(Cc2ccccc2)C(=O)OCc2cscn2)Cc2ccccc2)C(C)C)cs1. The minimum atomic E-state index is -0.742. The van der Waals surface area contributed by atoms with Crippen LogP contribution in [0.5, 0.6) is 0 Å². The van der Waals surface area contributed by atoms with E-state index < -0.39 is 12.1 Å². The first kappa shape index (κ1) is 36.5. The maximum Gasteiger partial charge on any atom is 0.410 e. The minimum Gasteiger partial charge on any atom is -0.443 e. The Bertz CT molecular complexity index is 1560. The lowest BCUT2D eigenvalue weighted by molar-refractivity contribution is -0.135. The van der Waals surface area contributed by atoms with Crippen molar-refractivity contribution in [3.05, 3.63) is 104 Å². The van der Waals surface area contributed by atoms with E-state index in [1.54, 1.807) is 38.6 Å². The quantitative estimate of drug-likeness (QED) is 0.134. The molecule has 1 atom stereocenters. The number of hydrogen-bond donors (Lipinski definition) is 1. The summed E-state index contributed by atoms with van der Waals surface area (Å²) < 4.78 is 5.61. The molecule has 10 nitrogen and oxygen atoms in total. The van der Waals surface area contributed by atoms with Gasteiger partial charge in [0.25, 0.3) is 0 Å². The predicted molar refractivity (Wildman–Crippen MR) is 190 cm³/mol. The molecule has 0 saturated carbocycles. The molecule has 256 valence electrons. The molecule has 0 bridgehead atoms. The van der Waals surface area contributed by atoms with Crippen LogP contribution in [0.1, 0.15) is 67.6 Å². The Hall–Kier alpha value is -4.29. The summed E-state index contributed by atoms with van der Waals surface area (Å²) in [5.41, 5.74) is 5.18. The highest BCUT2D eigenvalue weighted by Gasteiger charge is 2.30. The van der Waals surface area contributed by atoms with Crippen molar-refractivity contribution < 1.29 is 19.1 Å². The average Bonchev–Trinajstić information content (AvgIpc) is 3.78. The Morgan fingerprint density at radius 3 is 2.02 bits per heavy atom. The van der Waals surface area contributed by atoms with Crippen molar-refractivity contribution in [3.8, 4) is 0 Å². The molecule has 0 spiro atoms. The first-order valence-electron chi connectivity index (χ1n) is 16.2. The second-order valence-electron chi connectivity index (χ2n) is 12.4. The lowest BCUT2D eigenvalue weighted by atomic mass is 10.0. The molecule has 4 aromatic rings. The molecule has 0 saturated heterocycles. The van der Waals surface area contributed by atoms with Gasteiger partial charge in [-0.25, -0.2) is 19.6 Å². The van der Waals surface area contributed by atoms with Gasteiger partial charge in [-0.2, -0.15) is 0 Å². The van der Waals surface area contributed by atoms with E-state index >= 15 is 0 Å². The summed E-state index contributed by atoms with van der Waals surface area (Å²) in [4.78, 5) is 54.6. The Balaban J connectivity index is 1.44. The van der Waals surface area contributed by atoms with Crippen molar-refractivity contribution in [1.82, 2.24) is 30.0 Å². The number of hydrogen-bond acceptors (Lipinski definition) is 8. The summed E-state index contributed by atoms with van der Waals surface area (Å²) in [6, 6.07) is 18.5. The van der Waals surface area contributed by atoms with Crippen LogP contribution >= 0.6 is 22.7 Å². The van der Waals surface area contributed by atoms with Gasteiger partial charge in [-0.1, -0.05) is 88.4 Å². The van der Waals surface area contributed by atoms with Crippen molar-refractivity contribution in [2.75, 3.05) is 20.1 Å². The van der Waals surface area contributed by atoms with Gasteiger partial charge in [-0.15, -0.1) is 22.7 Å². The van der Waals surface area contributed by atoms with Gasteiger partial charge in [0.2, 0.25) is 5.91 Å². The Morgan fingerprint density at radius 2 is 1.46 bits per heavy atom. The third-order valence-corrected chi connectivity index (χ3v) is 9.54. The maximum absolute atomic E-state index is 14.2. The first-order valence-corrected chi connectivity index (χ1v) is 18.0. The largest absolute Gasteiger partial charge is 0.443 e. The molecule has 12 heteroatoms. The molecule has 0 aliphatic rings. The van der Waals surface area contributed by atoms with E-state index in [0.717, 1.165) is 21.8 Å². The third-order valence-electron chi connectivity index (χ3n) is 7.71. The number of thiazole rings is 2. The van der Waals surface area contributed by atoms with E-state index in [1.165, 1.54) is 11.3 Å². The van der Waals surface area contributed by atoms with Crippen LogP contribution in [0.3, 0.4) is 0 Å². The molecule has 0 radical (unpaired) electrons. The van der Waals surface area contributed by atoms with Crippen LogP contribution in [0.25, 0.3) is 0 Å². The Kier molecular flexibility index (Phi) is 13.9. The van der Waals surface area contributed by atoms with E-state index in [2.05, 4.69) is 29.1 Å². The van der Waals surface area contributed by atoms with E-state index in [0.29, 0.717) is 50.8 Å². The van der Waals surface area contributed by atoms with Crippen LogP contribution in [0.15, 0.2) is 76.9 Å². The first-order chi connectivity index (χ1) is 23.1. The molecule has 4 rings (SSSR count). The number of nitrogens with zero attached hydrogens (tertiary/aromatic N) is 5. The van der Waals surface area contributed by atoms with Crippen LogP contribution in [0.2, 0.25) is 0 Å². The number of rotatable bonds is 16. The number of aromatic nitrogens is 2. The minimum absolute atomic E-state index is 0.0951. The van der Waals surface area contributed by atoms with Crippen molar-refractivity contribution >= 4 is 40.7 Å². The van der Waals surface area contributed by atoms with Crippen LogP contribution < -0.4 is 5.32 Å².